The van der Waals surface area contributed by atoms with E-state index in [4.69, 9.17) is 4.74 Å². The van der Waals surface area contributed by atoms with Crippen LogP contribution in [0.15, 0.2) is 12.1 Å². The molecule has 2 N–H and O–H groups in total. The number of nitrogens with zero attached hydrogens (tertiary/aromatic N) is 1. The van der Waals surface area contributed by atoms with Crippen molar-refractivity contribution in [2.75, 3.05) is 17.2 Å². The van der Waals surface area contributed by atoms with Gasteiger partial charge in [0.05, 0.1) is 0 Å². The number of aromatic nitrogens is 1. The summed E-state index contributed by atoms with van der Waals surface area (Å²) < 4.78 is 5.11. The quantitative estimate of drug-likeness (QED) is 0.697. The first-order chi connectivity index (χ1) is 7.15. The predicted octanol–water partition coefficient (Wildman–Crippen LogP) is 0.371. The number of rotatable bonds is 1. The minimum atomic E-state index is -0.255. The van der Waals surface area contributed by atoms with E-state index >= 15 is 0 Å². The van der Waals surface area contributed by atoms with Gasteiger partial charge in [-0.05, 0) is 12.1 Å². The van der Waals surface area contributed by atoms with Gasteiger partial charge < -0.3 is 15.4 Å². The second-order valence-electron chi connectivity index (χ2n) is 3.06. The van der Waals surface area contributed by atoms with Gasteiger partial charge in [-0.25, -0.2) is 4.98 Å². The van der Waals surface area contributed by atoms with E-state index in [1.807, 2.05) is 0 Å². The minimum Gasteiger partial charge on any atom is -0.480 e. The molecule has 0 radical (unpaired) electrons. The minimum absolute atomic E-state index is 0.00579. The topological polar surface area (TPSA) is 80.3 Å². The molecule has 2 rings (SSSR count). The number of pyridine rings is 1. The summed E-state index contributed by atoms with van der Waals surface area (Å²) in [6, 6.07) is 3.25. The lowest BCUT2D eigenvalue weighted by Gasteiger charge is -2.17. The molecule has 15 heavy (non-hydrogen) atoms. The Labute approximate surface area is 85.6 Å². The van der Waals surface area contributed by atoms with Crippen LogP contribution in [0.5, 0.6) is 5.75 Å². The summed E-state index contributed by atoms with van der Waals surface area (Å²) in [7, 11) is 0. The predicted molar refractivity (Wildman–Crippen MR) is 52.7 cm³/mol. The lowest BCUT2D eigenvalue weighted by Crippen LogP contribution is -2.26. The second kappa shape index (κ2) is 3.56. The van der Waals surface area contributed by atoms with Crippen molar-refractivity contribution < 1.29 is 14.3 Å². The summed E-state index contributed by atoms with van der Waals surface area (Å²) in [5, 5.41) is 5.06. The lowest BCUT2D eigenvalue weighted by atomic mass is 10.3. The van der Waals surface area contributed by atoms with E-state index in [1.54, 1.807) is 12.1 Å². The number of carbonyl (C=O) groups is 2. The van der Waals surface area contributed by atoms with Crippen LogP contribution in [0.2, 0.25) is 0 Å². The average molecular weight is 207 g/mol. The Morgan fingerprint density at radius 2 is 2.40 bits per heavy atom. The monoisotopic (exact) mass is 207 g/mol. The van der Waals surface area contributed by atoms with Crippen molar-refractivity contribution in [2.45, 2.75) is 6.92 Å². The smallest absolute Gasteiger partial charge is 0.263 e. The fourth-order valence-corrected chi connectivity index (χ4v) is 1.21. The molecule has 0 saturated heterocycles. The first-order valence-corrected chi connectivity index (χ1v) is 4.36. The third kappa shape index (κ3) is 2.04. The summed E-state index contributed by atoms with van der Waals surface area (Å²) in [6.45, 7) is 1.38. The number of fused-ring (bicyclic) bond motifs is 1. The maximum absolute atomic E-state index is 11.0. The fraction of sp³-hybridized carbons (Fsp3) is 0.222. The lowest BCUT2D eigenvalue weighted by molar-refractivity contribution is -0.118. The molecule has 0 bridgehead atoms. The second-order valence-corrected chi connectivity index (χ2v) is 3.06. The third-order valence-electron chi connectivity index (χ3n) is 1.78. The molecule has 2 amide bonds. The van der Waals surface area contributed by atoms with Crippen LogP contribution in [-0.2, 0) is 9.59 Å². The zero-order chi connectivity index (χ0) is 10.8. The van der Waals surface area contributed by atoms with Gasteiger partial charge in [-0.1, -0.05) is 0 Å². The van der Waals surface area contributed by atoms with Gasteiger partial charge in [-0.3, -0.25) is 9.59 Å². The highest BCUT2D eigenvalue weighted by atomic mass is 16.5. The first kappa shape index (κ1) is 9.45. The SMILES string of the molecule is CC(=O)Nc1ccc2c(n1)NC(=O)CO2. The normalized spacial score (nSPS) is 13.5. The van der Waals surface area contributed by atoms with Crippen LogP contribution in [0.25, 0.3) is 0 Å². The molecule has 2 heterocycles. The van der Waals surface area contributed by atoms with Crippen molar-refractivity contribution in [1.82, 2.24) is 4.98 Å². The number of ether oxygens (including phenoxy) is 1. The largest absolute Gasteiger partial charge is 0.480 e. The molecule has 0 aromatic carbocycles. The Balaban J connectivity index is 2.28. The van der Waals surface area contributed by atoms with Gasteiger partial charge in [0, 0.05) is 6.92 Å². The Hall–Kier alpha value is -2.11. The van der Waals surface area contributed by atoms with Crippen molar-refractivity contribution in [2.24, 2.45) is 0 Å². The summed E-state index contributed by atoms with van der Waals surface area (Å²) >= 11 is 0. The molecule has 0 aliphatic carbocycles. The summed E-state index contributed by atoms with van der Waals surface area (Å²) in [6.07, 6.45) is 0. The van der Waals surface area contributed by atoms with E-state index in [9.17, 15) is 9.59 Å². The zero-order valence-electron chi connectivity index (χ0n) is 8.03. The highest BCUT2D eigenvalue weighted by Crippen LogP contribution is 2.26. The number of amides is 2. The van der Waals surface area contributed by atoms with E-state index in [1.165, 1.54) is 6.92 Å². The van der Waals surface area contributed by atoms with Crippen molar-refractivity contribution >= 4 is 23.5 Å². The van der Waals surface area contributed by atoms with E-state index in [0.717, 1.165) is 0 Å². The van der Waals surface area contributed by atoms with Crippen LogP contribution >= 0.6 is 0 Å². The standard InChI is InChI=1S/C9H9N3O3/c1-5(13)10-7-3-2-6-9(11-7)12-8(14)4-15-6/h2-3H,4H2,1H3,(H2,10,11,12,13,14). The molecule has 1 aliphatic heterocycles. The van der Waals surface area contributed by atoms with Crippen molar-refractivity contribution in [3.8, 4) is 5.75 Å². The van der Waals surface area contributed by atoms with Gasteiger partial charge in [0.15, 0.2) is 18.2 Å². The average Bonchev–Trinajstić information content (AvgIpc) is 2.16. The Morgan fingerprint density at radius 3 is 3.13 bits per heavy atom. The van der Waals surface area contributed by atoms with Crippen molar-refractivity contribution in [3.63, 3.8) is 0 Å². The maximum atomic E-state index is 11.0. The molecular weight excluding hydrogens is 198 g/mol. The molecule has 78 valence electrons. The van der Waals surface area contributed by atoms with Crippen LogP contribution in [-0.4, -0.2) is 23.4 Å². The summed E-state index contributed by atoms with van der Waals surface area (Å²) in [5.41, 5.74) is 0. The third-order valence-corrected chi connectivity index (χ3v) is 1.78. The van der Waals surface area contributed by atoms with Crippen LogP contribution in [0.3, 0.4) is 0 Å². The molecule has 0 atom stereocenters. The van der Waals surface area contributed by atoms with Gasteiger partial charge in [-0.2, -0.15) is 0 Å². The number of anilines is 2. The van der Waals surface area contributed by atoms with E-state index in [2.05, 4.69) is 15.6 Å². The van der Waals surface area contributed by atoms with E-state index < -0.39 is 0 Å². The molecule has 1 aromatic rings. The van der Waals surface area contributed by atoms with Gasteiger partial charge in [-0.15, -0.1) is 0 Å². The van der Waals surface area contributed by atoms with Gasteiger partial charge >= 0.3 is 0 Å². The first-order valence-electron chi connectivity index (χ1n) is 4.36. The number of carbonyl (C=O) groups excluding carboxylic acids is 2. The van der Waals surface area contributed by atoms with Gasteiger partial charge in [0.2, 0.25) is 5.91 Å². The summed E-state index contributed by atoms with van der Waals surface area (Å²) in [4.78, 5) is 25.8. The molecule has 6 heteroatoms. The van der Waals surface area contributed by atoms with Crippen LogP contribution in [0.4, 0.5) is 11.6 Å². The van der Waals surface area contributed by atoms with Crippen LogP contribution in [0, 0.1) is 0 Å². The van der Waals surface area contributed by atoms with E-state index in [-0.39, 0.29) is 18.4 Å². The zero-order valence-corrected chi connectivity index (χ0v) is 8.03. The molecular formula is C9H9N3O3. The van der Waals surface area contributed by atoms with Gasteiger partial charge in [0.25, 0.3) is 5.91 Å². The van der Waals surface area contributed by atoms with E-state index in [0.29, 0.717) is 17.4 Å². The number of hydrogen-bond acceptors (Lipinski definition) is 4. The molecule has 0 unspecified atom stereocenters. The molecule has 1 aromatic heterocycles. The molecule has 6 nitrogen and oxygen atoms in total. The number of nitrogens with one attached hydrogen (secondary N) is 2. The molecule has 0 saturated carbocycles. The highest BCUT2D eigenvalue weighted by Gasteiger charge is 2.17. The Kier molecular flexibility index (Phi) is 2.24. The molecule has 1 aliphatic rings. The maximum Gasteiger partial charge on any atom is 0.263 e. The van der Waals surface area contributed by atoms with Crippen molar-refractivity contribution in [1.29, 1.82) is 0 Å². The van der Waals surface area contributed by atoms with Gasteiger partial charge in [0.1, 0.15) is 5.82 Å². The number of hydrogen-bond donors (Lipinski definition) is 2. The van der Waals surface area contributed by atoms with Crippen LogP contribution < -0.4 is 15.4 Å². The summed E-state index contributed by atoms with van der Waals surface area (Å²) in [5.74, 6) is 0.744. The van der Waals surface area contributed by atoms with Crippen LogP contribution in [0.1, 0.15) is 6.92 Å². The fourth-order valence-electron chi connectivity index (χ4n) is 1.21. The Bertz CT molecular complexity index is 431. The highest BCUT2D eigenvalue weighted by molar-refractivity contribution is 5.95. The molecule has 0 fully saturated rings. The van der Waals surface area contributed by atoms with Crippen molar-refractivity contribution in [3.05, 3.63) is 12.1 Å². The Morgan fingerprint density at radius 1 is 1.60 bits per heavy atom. The molecule has 0 spiro atoms.